The fourth-order valence-corrected chi connectivity index (χ4v) is 2.90. The van der Waals surface area contributed by atoms with E-state index >= 15 is 0 Å². The summed E-state index contributed by atoms with van der Waals surface area (Å²) < 4.78 is 14.0. The van der Waals surface area contributed by atoms with Crippen LogP contribution in [0.1, 0.15) is 27.3 Å². The van der Waals surface area contributed by atoms with Gasteiger partial charge in [-0.15, -0.1) is 0 Å². The van der Waals surface area contributed by atoms with Crippen LogP contribution < -0.4 is 10.1 Å². The van der Waals surface area contributed by atoms with Crippen LogP contribution in [0.5, 0.6) is 5.75 Å². The van der Waals surface area contributed by atoms with Crippen LogP contribution in [-0.4, -0.2) is 14.7 Å². The fourth-order valence-electron chi connectivity index (χ4n) is 2.17. The van der Waals surface area contributed by atoms with Crippen molar-refractivity contribution in [3.05, 3.63) is 70.0 Å². The van der Waals surface area contributed by atoms with Crippen molar-refractivity contribution in [1.29, 1.82) is 0 Å². The number of nitrogens with one attached hydrogen (secondary N) is 1. The summed E-state index contributed by atoms with van der Waals surface area (Å²) in [6, 6.07) is 12.4. The van der Waals surface area contributed by atoms with Gasteiger partial charge in [0.15, 0.2) is 0 Å². The third kappa shape index (κ3) is 4.15. The first-order valence-electron chi connectivity index (χ1n) is 7.62. The number of rotatable bonds is 5. The molecule has 3 rings (SSSR count). The van der Waals surface area contributed by atoms with Crippen molar-refractivity contribution in [2.75, 3.05) is 5.32 Å². The molecule has 0 saturated heterocycles. The minimum atomic E-state index is -0.198. The zero-order chi connectivity index (χ0) is 17.8. The number of carbonyl (C=O) groups is 1. The zero-order valence-electron chi connectivity index (χ0n) is 13.7. The lowest BCUT2D eigenvalue weighted by Crippen LogP contribution is -2.12. The molecule has 0 unspecified atom stereocenters. The monoisotopic (exact) mass is 373 g/mol. The highest BCUT2D eigenvalue weighted by atomic mass is 35.5. The standard InChI is InChI=1S/C18H16ClN3O2S/c1-11-15(19)4-3-5-16(11)20-18(23)13-6-8-14(9-7-13)24-10-17-12(2)21-25-22-17/h3-9H,10H2,1-2H3,(H,20,23). The summed E-state index contributed by atoms with van der Waals surface area (Å²) in [7, 11) is 0. The molecule has 1 N–H and O–H groups in total. The smallest absolute Gasteiger partial charge is 0.255 e. The Balaban J connectivity index is 1.64. The van der Waals surface area contributed by atoms with Gasteiger partial charge in [-0.3, -0.25) is 4.79 Å². The Morgan fingerprint density at radius 1 is 1.16 bits per heavy atom. The van der Waals surface area contributed by atoms with E-state index < -0.39 is 0 Å². The van der Waals surface area contributed by atoms with Crippen molar-refractivity contribution in [3.63, 3.8) is 0 Å². The van der Waals surface area contributed by atoms with Crippen molar-refractivity contribution in [2.24, 2.45) is 0 Å². The lowest BCUT2D eigenvalue weighted by Gasteiger charge is -2.10. The lowest BCUT2D eigenvalue weighted by atomic mass is 10.1. The van der Waals surface area contributed by atoms with Crippen LogP contribution in [0.25, 0.3) is 0 Å². The summed E-state index contributed by atoms with van der Waals surface area (Å²) in [5.41, 5.74) is 3.77. The third-order valence-corrected chi connectivity index (χ3v) is 4.82. The molecule has 25 heavy (non-hydrogen) atoms. The van der Waals surface area contributed by atoms with Crippen molar-refractivity contribution < 1.29 is 9.53 Å². The average Bonchev–Trinajstić information content (AvgIpc) is 3.02. The number of anilines is 1. The summed E-state index contributed by atoms with van der Waals surface area (Å²) >= 11 is 7.24. The normalized spacial score (nSPS) is 10.5. The van der Waals surface area contributed by atoms with Gasteiger partial charge >= 0.3 is 0 Å². The van der Waals surface area contributed by atoms with Crippen LogP contribution in [0, 0.1) is 13.8 Å². The zero-order valence-corrected chi connectivity index (χ0v) is 15.3. The predicted octanol–water partition coefficient (Wildman–Crippen LogP) is 4.64. The first kappa shape index (κ1) is 17.4. The van der Waals surface area contributed by atoms with Crippen LogP contribution in [0.2, 0.25) is 5.02 Å². The van der Waals surface area contributed by atoms with E-state index in [-0.39, 0.29) is 5.91 Å². The van der Waals surface area contributed by atoms with Gasteiger partial charge < -0.3 is 10.1 Å². The Kier molecular flexibility index (Phi) is 5.31. The van der Waals surface area contributed by atoms with Crippen LogP contribution in [-0.2, 0) is 6.61 Å². The predicted molar refractivity (Wildman–Crippen MR) is 99.6 cm³/mol. The van der Waals surface area contributed by atoms with E-state index in [4.69, 9.17) is 16.3 Å². The van der Waals surface area contributed by atoms with Gasteiger partial charge in [-0.1, -0.05) is 17.7 Å². The maximum absolute atomic E-state index is 12.4. The Bertz CT molecular complexity index is 894. The second-order valence-electron chi connectivity index (χ2n) is 5.48. The summed E-state index contributed by atoms with van der Waals surface area (Å²) in [6.45, 7) is 4.12. The van der Waals surface area contributed by atoms with E-state index in [0.29, 0.717) is 28.6 Å². The van der Waals surface area contributed by atoms with Gasteiger partial charge in [-0.05, 0) is 55.8 Å². The molecule has 2 aromatic carbocycles. The maximum atomic E-state index is 12.4. The number of amides is 1. The van der Waals surface area contributed by atoms with Crippen molar-refractivity contribution in [3.8, 4) is 5.75 Å². The Morgan fingerprint density at radius 2 is 1.92 bits per heavy atom. The minimum Gasteiger partial charge on any atom is -0.487 e. The fraction of sp³-hybridized carbons (Fsp3) is 0.167. The van der Waals surface area contributed by atoms with Crippen LogP contribution in [0.3, 0.4) is 0 Å². The van der Waals surface area contributed by atoms with Crippen LogP contribution in [0.15, 0.2) is 42.5 Å². The first-order chi connectivity index (χ1) is 12.0. The molecule has 128 valence electrons. The highest BCUT2D eigenvalue weighted by Crippen LogP contribution is 2.24. The molecule has 0 aliphatic heterocycles. The number of nitrogens with zero attached hydrogens (tertiary/aromatic N) is 2. The molecular formula is C18H16ClN3O2S. The molecule has 5 nitrogen and oxygen atoms in total. The summed E-state index contributed by atoms with van der Waals surface area (Å²) in [5, 5.41) is 3.49. The molecule has 7 heteroatoms. The van der Waals surface area contributed by atoms with Gasteiger partial charge in [0.05, 0.1) is 17.4 Å². The molecule has 3 aromatic rings. The Labute approximate surface area is 154 Å². The van der Waals surface area contributed by atoms with E-state index in [9.17, 15) is 4.79 Å². The van der Waals surface area contributed by atoms with Gasteiger partial charge in [0.1, 0.15) is 18.1 Å². The molecule has 0 spiro atoms. The maximum Gasteiger partial charge on any atom is 0.255 e. The summed E-state index contributed by atoms with van der Waals surface area (Å²) in [5.74, 6) is 0.472. The van der Waals surface area contributed by atoms with Crippen LogP contribution in [0.4, 0.5) is 5.69 Å². The van der Waals surface area contributed by atoms with Gasteiger partial charge in [0, 0.05) is 16.3 Å². The quantitative estimate of drug-likeness (QED) is 0.707. The number of benzene rings is 2. The second kappa shape index (κ2) is 7.63. The molecular weight excluding hydrogens is 358 g/mol. The number of hydrogen-bond acceptors (Lipinski definition) is 5. The summed E-state index contributed by atoms with van der Waals surface area (Å²) in [6.07, 6.45) is 0. The molecule has 0 aliphatic rings. The summed E-state index contributed by atoms with van der Waals surface area (Å²) in [4.78, 5) is 12.4. The lowest BCUT2D eigenvalue weighted by molar-refractivity contribution is 0.102. The van der Waals surface area contributed by atoms with E-state index in [0.717, 1.165) is 17.0 Å². The second-order valence-corrected chi connectivity index (χ2v) is 6.41. The number of halogens is 1. The number of aromatic nitrogens is 2. The highest BCUT2D eigenvalue weighted by molar-refractivity contribution is 6.99. The van der Waals surface area contributed by atoms with Crippen molar-refractivity contribution in [1.82, 2.24) is 8.75 Å². The van der Waals surface area contributed by atoms with Gasteiger partial charge in [0.2, 0.25) is 0 Å². The molecule has 0 atom stereocenters. The molecule has 1 aromatic heterocycles. The molecule has 0 aliphatic carbocycles. The molecule has 0 fully saturated rings. The largest absolute Gasteiger partial charge is 0.487 e. The molecule has 0 saturated carbocycles. The van der Waals surface area contributed by atoms with Gasteiger partial charge in [-0.2, -0.15) is 8.75 Å². The number of carbonyl (C=O) groups excluding carboxylic acids is 1. The van der Waals surface area contributed by atoms with Gasteiger partial charge in [0.25, 0.3) is 5.91 Å². The Morgan fingerprint density at radius 3 is 2.60 bits per heavy atom. The Hall–Kier alpha value is -2.44. The molecule has 1 heterocycles. The van der Waals surface area contributed by atoms with Gasteiger partial charge in [-0.25, -0.2) is 0 Å². The van der Waals surface area contributed by atoms with E-state index in [2.05, 4.69) is 14.1 Å². The van der Waals surface area contributed by atoms with Crippen molar-refractivity contribution in [2.45, 2.75) is 20.5 Å². The van der Waals surface area contributed by atoms with E-state index in [1.165, 1.54) is 11.7 Å². The molecule has 0 bridgehead atoms. The average molecular weight is 374 g/mol. The highest BCUT2D eigenvalue weighted by Gasteiger charge is 2.10. The molecule has 1 amide bonds. The SMILES string of the molecule is Cc1nsnc1COc1ccc(C(=O)Nc2cccc(Cl)c2C)cc1. The molecule has 0 radical (unpaired) electrons. The third-order valence-electron chi connectivity index (χ3n) is 3.75. The van der Waals surface area contributed by atoms with Crippen LogP contribution >= 0.6 is 23.3 Å². The topological polar surface area (TPSA) is 64.1 Å². The van der Waals surface area contributed by atoms with Crippen molar-refractivity contribution >= 4 is 34.9 Å². The number of aryl methyl sites for hydroxylation is 1. The van der Waals surface area contributed by atoms with E-state index in [1.807, 2.05) is 19.9 Å². The minimum absolute atomic E-state index is 0.198. The number of hydrogen-bond donors (Lipinski definition) is 1. The number of ether oxygens (including phenoxy) is 1. The first-order valence-corrected chi connectivity index (χ1v) is 8.73. The van der Waals surface area contributed by atoms with E-state index in [1.54, 1.807) is 36.4 Å².